The smallest absolute Gasteiger partial charge is 0.272 e. The molecule has 0 saturated carbocycles. The first-order valence-corrected chi connectivity index (χ1v) is 8.08. The minimum Gasteiger partial charge on any atom is -0.337 e. The number of hydrogen-bond donors (Lipinski definition) is 1. The quantitative estimate of drug-likeness (QED) is 0.904. The second-order valence-electron chi connectivity index (χ2n) is 6.31. The number of nitrogens with zero attached hydrogens (tertiary/aromatic N) is 3. The first-order chi connectivity index (χ1) is 10.0. The van der Waals surface area contributed by atoms with Gasteiger partial charge < -0.3 is 10.2 Å². The average molecular weight is 292 g/mol. The Bertz CT molecular complexity index is 481. The van der Waals surface area contributed by atoms with Crippen LogP contribution < -0.4 is 5.32 Å². The first kappa shape index (κ1) is 16.0. The molecule has 5 heteroatoms. The summed E-state index contributed by atoms with van der Waals surface area (Å²) in [5, 5.41) is 7.87. The predicted molar refractivity (Wildman–Crippen MR) is 84.4 cm³/mol. The van der Waals surface area contributed by atoms with Crippen LogP contribution in [0, 0.1) is 12.8 Å². The molecule has 1 aromatic heterocycles. The van der Waals surface area contributed by atoms with Crippen molar-refractivity contribution in [3.8, 4) is 0 Å². The fraction of sp³-hybridized carbons (Fsp3) is 0.750. The van der Waals surface area contributed by atoms with Crippen molar-refractivity contribution >= 4 is 5.91 Å². The van der Waals surface area contributed by atoms with E-state index in [0.29, 0.717) is 12.0 Å². The monoisotopic (exact) mass is 292 g/mol. The second-order valence-corrected chi connectivity index (χ2v) is 6.31. The molecule has 0 spiro atoms. The molecule has 0 bridgehead atoms. The number of hydrogen-bond acceptors (Lipinski definition) is 3. The largest absolute Gasteiger partial charge is 0.337 e. The van der Waals surface area contributed by atoms with Crippen molar-refractivity contribution in [2.24, 2.45) is 5.92 Å². The van der Waals surface area contributed by atoms with Crippen molar-refractivity contribution in [1.82, 2.24) is 20.0 Å². The van der Waals surface area contributed by atoms with Gasteiger partial charge in [-0.15, -0.1) is 0 Å². The molecule has 1 amide bonds. The summed E-state index contributed by atoms with van der Waals surface area (Å²) in [7, 11) is 0. The van der Waals surface area contributed by atoms with Gasteiger partial charge in [-0.2, -0.15) is 5.10 Å². The highest BCUT2D eigenvalue weighted by molar-refractivity contribution is 5.92. The summed E-state index contributed by atoms with van der Waals surface area (Å²) in [5.41, 5.74) is 1.64. The number of rotatable bonds is 5. The molecule has 0 radical (unpaired) electrons. The number of nitrogens with one attached hydrogen (secondary N) is 1. The normalized spacial score (nSPS) is 19.3. The molecule has 1 fully saturated rings. The zero-order valence-electron chi connectivity index (χ0n) is 13.7. The molecule has 0 aliphatic carbocycles. The van der Waals surface area contributed by atoms with Crippen molar-refractivity contribution in [1.29, 1.82) is 0 Å². The summed E-state index contributed by atoms with van der Waals surface area (Å²) in [5.74, 6) is 0.691. The van der Waals surface area contributed by atoms with Gasteiger partial charge in [0.05, 0.1) is 5.69 Å². The number of carbonyl (C=O) groups is 1. The van der Waals surface area contributed by atoms with Gasteiger partial charge in [0.1, 0.15) is 5.69 Å². The molecule has 118 valence electrons. The van der Waals surface area contributed by atoms with E-state index in [1.807, 2.05) is 29.5 Å². The summed E-state index contributed by atoms with van der Waals surface area (Å²) in [6, 6.07) is 2.40. The summed E-state index contributed by atoms with van der Waals surface area (Å²) >= 11 is 0. The Morgan fingerprint density at radius 2 is 2.29 bits per heavy atom. The molecular weight excluding hydrogens is 264 g/mol. The van der Waals surface area contributed by atoms with E-state index in [1.54, 1.807) is 0 Å². The highest BCUT2D eigenvalue weighted by Crippen LogP contribution is 2.18. The number of piperidine rings is 1. The van der Waals surface area contributed by atoms with Crippen LogP contribution in [0.1, 0.15) is 49.8 Å². The Hall–Kier alpha value is -1.36. The van der Waals surface area contributed by atoms with Gasteiger partial charge in [-0.3, -0.25) is 9.48 Å². The maximum absolute atomic E-state index is 12.7. The van der Waals surface area contributed by atoms with Crippen LogP contribution >= 0.6 is 0 Å². The van der Waals surface area contributed by atoms with E-state index in [-0.39, 0.29) is 5.91 Å². The van der Waals surface area contributed by atoms with Gasteiger partial charge in [-0.25, -0.2) is 0 Å². The van der Waals surface area contributed by atoms with Crippen LogP contribution in [0.5, 0.6) is 0 Å². The maximum atomic E-state index is 12.7. The van der Waals surface area contributed by atoms with E-state index >= 15 is 0 Å². The topological polar surface area (TPSA) is 50.2 Å². The van der Waals surface area contributed by atoms with Gasteiger partial charge in [-0.05, 0) is 45.2 Å². The van der Waals surface area contributed by atoms with Crippen molar-refractivity contribution < 1.29 is 4.79 Å². The van der Waals surface area contributed by atoms with E-state index in [4.69, 9.17) is 0 Å². The minimum absolute atomic E-state index is 0.131. The molecule has 1 aromatic rings. The number of aryl methyl sites for hydroxylation is 2. The lowest BCUT2D eigenvalue weighted by molar-refractivity contribution is 0.0659. The zero-order valence-corrected chi connectivity index (χ0v) is 13.7. The van der Waals surface area contributed by atoms with Crippen LogP contribution in [0.2, 0.25) is 0 Å². The SMILES string of the molecule is CCn1nc(C)cc1C(=O)N1CCCC(CNC(C)C)C1. The number of likely N-dealkylation sites (tertiary alicyclic amines) is 1. The lowest BCUT2D eigenvalue weighted by atomic mass is 9.97. The molecule has 1 N–H and O–H groups in total. The van der Waals surface area contributed by atoms with Crippen LogP contribution in [0.4, 0.5) is 0 Å². The molecule has 21 heavy (non-hydrogen) atoms. The van der Waals surface area contributed by atoms with E-state index < -0.39 is 0 Å². The van der Waals surface area contributed by atoms with Gasteiger partial charge in [0.15, 0.2) is 0 Å². The van der Waals surface area contributed by atoms with Crippen molar-refractivity contribution in [2.75, 3.05) is 19.6 Å². The van der Waals surface area contributed by atoms with E-state index in [1.165, 1.54) is 6.42 Å². The van der Waals surface area contributed by atoms with Gasteiger partial charge in [-0.1, -0.05) is 13.8 Å². The molecule has 1 unspecified atom stereocenters. The Balaban J connectivity index is 2.01. The van der Waals surface area contributed by atoms with E-state index in [9.17, 15) is 4.79 Å². The fourth-order valence-electron chi connectivity index (χ4n) is 2.94. The zero-order chi connectivity index (χ0) is 15.4. The Kier molecular flexibility index (Phi) is 5.39. The Morgan fingerprint density at radius 1 is 1.52 bits per heavy atom. The minimum atomic E-state index is 0.131. The standard InChI is InChI=1S/C16H28N4O/c1-5-20-15(9-13(4)18-20)16(21)19-8-6-7-14(11-19)10-17-12(2)3/h9,12,14,17H,5-8,10-11H2,1-4H3. The number of carbonyl (C=O) groups excluding carboxylic acids is 1. The van der Waals surface area contributed by atoms with Crippen LogP contribution in [-0.2, 0) is 6.54 Å². The third kappa shape index (κ3) is 4.06. The highest BCUT2D eigenvalue weighted by Gasteiger charge is 2.26. The van der Waals surface area contributed by atoms with Gasteiger partial charge in [0, 0.05) is 25.7 Å². The molecule has 1 aliphatic heterocycles. The Labute approximate surface area is 127 Å². The van der Waals surface area contributed by atoms with Crippen LogP contribution in [0.15, 0.2) is 6.07 Å². The molecule has 1 aliphatic rings. The second kappa shape index (κ2) is 7.07. The molecular formula is C16H28N4O. The van der Waals surface area contributed by atoms with E-state index in [2.05, 4.69) is 24.3 Å². The third-order valence-electron chi connectivity index (χ3n) is 4.04. The average Bonchev–Trinajstić information content (AvgIpc) is 2.85. The van der Waals surface area contributed by atoms with Crippen LogP contribution in [-0.4, -0.2) is 46.3 Å². The molecule has 2 heterocycles. The van der Waals surface area contributed by atoms with Gasteiger partial charge >= 0.3 is 0 Å². The summed E-state index contributed by atoms with van der Waals surface area (Å²) in [6.45, 7) is 11.7. The summed E-state index contributed by atoms with van der Waals surface area (Å²) in [6.07, 6.45) is 2.30. The molecule has 1 saturated heterocycles. The number of aromatic nitrogens is 2. The van der Waals surface area contributed by atoms with E-state index in [0.717, 1.165) is 44.0 Å². The molecule has 2 rings (SSSR count). The molecule has 0 aromatic carbocycles. The van der Waals surface area contributed by atoms with Crippen molar-refractivity contribution in [2.45, 2.75) is 53.1 Å². The van der Waals surface area contributed by atoms with Crippen molar-refractivity contribution in [3.05, 3.63) is 17.5 Å². The lowest BCUT2D eigenvalue weighted by Gasteiger charge is -2.33. The van der Waals surface area contributed by atoms with Gasteiger partial charge in [0.25, 0.3) is 5.91 Å². The lowest BCUT2D eigenvalue weighted by Crippen LogP contribution is -2.44. The number of amides is 1. The highest BCUT2D eigenvalue weighted by atomic mass is 16.2. The predicted octanol–water partition coefficient (Wildman–Crippen LogP) is 2.06. The third-order valence-corrected chi connectivity index (χ3v) is 4.04. The van der Waals surface area contributed by atoms with Crippen LogP contribution in [0.3, 0.4) is 0 Å². The fourth-order valence-corrected chi connectivity index (χ4v) is 2.94. The summed E-state index contributed by atoms with van der Waals surface area (Å²) in [4.78, 5) is 14.7. The maximum Gasteiger partial charge on any atom is 0.272 e. The summed E-state index contributed by atoms with van der Waals surface area (Å²) < 4.78 is 1.81. The Morgan fingerprint density at radius 3 is 2.95 bits per heavy atom. The van der Waals surface area contributed by atoms with Crippen molar-refractivity contribution in [3.63, 3.8) is 0 Å². The van der Waals surface area contributed by atoms with Gasteiger partial charge in [0.2, 0.25) is 0 Å². The molecule has 5 nitrogen and oxygen atoms in total. The first-order valence-electron chi connectivity index (χ1n) is 8.08. The van der Waals surface area contributed by atoms with Crippen LogP contribution in [0.25, 0.3) is 0 Å². The molecule has 1 atom stereocenters.